The number of carbonyl (C=O) groups excluding carboxylic acids is 2. The Kier molecular flexibility index (Phi) is 7.47. The summed E-state index contributed by atoms with van der Waals surface area (Å²) in [4.78, 5) is 23.9. The van der Waals surface area contributed by atoms with Crippen molar-refractivity contribution in [3.63, 3.8) is 0 Å². The molecule has 9 heteroatoms. The number of ether oxygens (including phenoxy) is 1. The second-order valence-electron chi connectivity index (χ2n) is 5.62. The molecule has 0 unspecified atom stereocenters. The average Bonchev–Trinajstić information content (AvgIpc) is 3.12. The number of halogens is 1. The molecule has 0 aliphatic carbocycles. The van der Waals surface area contributed by atoms with Crippen LogP contribution in [-0.4, -0.2) is 41.0 Å². The van der Waals surface area contributed by atoms with Crippen molar-refractivity contribution in [1.29, 1.82) is 0 Å². The van der Waals surface area contributed by atoms with E-state index in [0.717, 1.165) is 23.7 Å². The summed E-state index contributed by atoms with van der Waals surface area (Å²) in [5.74, 6) is -0.406. The second-order valence-corrected chi connectivity index (χ2v) is 6.99. The smallest absolute Gasteiger partial charge is 0.328 e. The quantitative estimate of drug-likeness (QED) is 0.539. The van der Waals surface area contributed by atoms with Crippen molar-refractivity contribution in [3.8, 4) is 11.5 Å². The van der Waals surface area contributed by atoms with E-state index in [9.17, 15) is 9.59 Å². The Morgan fingerprint density at radius 2 is 2.00 bits per heavy atom. The van der Waals surface area contributed by atoms with Gasteiger partial charge >= 0.3 is 5.97 Å². The first-order valence-electron chi connectivity index (χ1n) is 8.04. The number of nitrogens with one attached hydrogen (secondary N) is 1. The fourth-order valence-electron chi connectivity index (χ4n) is 2.12. The molecular formula is C17H20ClN3O4S. The predicted octanol–water partition coefficient (Wildman–Crippen LogP) is 3.19. The molecule has 2 atom stereocenters. The molecule has 7 nitrogen and oxygen atoms in total. The van der Waals surface area contributed by atoms with Crippen LogP contribution in [0.1, 0.15) is 20.3 Å². The van der Waals surface area contributed by atoms with Gasteiger partial charge in [0.25, 0.3) is 5.22 Å². The highest BCUT2D eigenvalue weighted by atomic mass is 35.5. The Hall–Kier alpha value is -2.06. The number of methoxy groups -OCH3 is 1. The lowest BCUT2D eigenvalue weighted by Crippen LogP contribution is -2.46. The first-order valence-corrected chi connectivity index (χ1v) is 9.40. The van der Waals surface area contributed by atoms with E-state index in [2.05, 4.69) is 15.5 Å². The Labute approximate surface area is 160 Å². The number of rotatable bonds is 8. The van der Waals surface area contributed by atoms with E-state index < -0.39 is 12.0 Å². The topological polar surface area (TPSA) is 94.3 Å². The minimum absolute atomic E-state index is 0.0312. The molecule has 26 heavy (non-hydrogen) atoms. The van der Waals surface area contributed by atoms with Gasteiger partial charge in [-0.1, -0.05) is 43.6 Å². The predicted molar refractivity (Wildman–Crippen MR) is 98.9 cm³/mol. The van der Waals surface area contributed by atoms with E-state index in [1.165, 1.54) is 7.11 Å². The van der Waals surface area contributed by atoms with Crippen LogP contribution in [0.3, 0.4) is 0 Å². The number of nitrogens with zero attached hydrogens (tertiary/aromatic N) is 2. The van der Waals surface area contributed by atoms with Gasteiger partial charge in [-0.2, -0.15) is 0 Å². The van der Waals surface area contributed by atoms with Gasteiger partial charge in [0.1, 0.15) is 6.04 Å². The number of aromatic nitrogens is 2. The van der Waals surface area contributed by atoms with Crippen LogP contribution in [0.5, 0.6) is 0 Å². The van der Waals surface area contributed by atoms with Crippen molar-refractivity contribution >= 4 is 35.2 Å². The van der Waals surface area contributed by atoms with Gasteiger partial charge in [-0.3, -0.25) is 4.79 Å². The van der Waals surface area contributed by atoms with Crippen LogP contribution in [0.2, 0.25) is 5.02 Å². The third-order valence-electron chi connectivity index (χ3n) is 3.81. The summed E-state index contributed by atoms with van der Waals surface area (Å²) < 4.78 is 10.3. The molecule has 0 saturated heterocycles. The zero-order valence-corrected chi connectivity index (χ0v) is 16.3. The van der Waals surface area contributed by atoms with Crippen LogP contribution in [0.4, 0.5) is 0 Å². The number of carbonyl (C=O) groups is 2. The zero-order chi connectivity index (χ0) is 19.1. The van der Waals surface area contributed by atoms with Gasteiger partial charge in [0.15, 0.2) is 0 Å². The molecule has 1 amide bonds. The van der Waals surface area contributed by atoms with E-state index in [1.54, 1.807) is 24.3 Å². The molecular weight excluding hydrogens is 378 g/mol. The number of esters is 1. The lowest BCUT2D eigenvalue weighted by atomic mass is 9.99. The largest absolute Gasteiger partial charge is 0.467 e. The van der Waals surface area contributed by atoms with Crippen molar-refractivity contribution in [2.24, 2.45) is 5.92 Å². The van der Waals surface area contributed by atoms with Gasteiger partial charge in [0.05, 0.1) is 12.9 Å². The van der Waals surface area contributed by atoms with Crippen LogP contribution in [0, 0.1) is 5.92 Å². The van der Waals surface area contributed by atoms with Gasteiger partial charge in [0.2, 0.25) is 11.8 Å². The molecule has 2 rings (SSSR count). The molecule has 0 radical (unpaired) electrons. The first-order chi connectivity index (χ1) is 12.4. The third kappa shape index (κ3) is 5.47. The molecule has 2 aromatic rings. The molecule has 1 aromatic heterocycles. The second kappa shape index (κ2) is 9.59. The summed E-state index contributed by atoms with van der Waals surface area (Å²) >= 11 is 6.94. The molecule has 0 fully saturated rings. The summed E-state index contributed by atoms with van der Waals surface area (Å²) in [6, 6.07) is 6.31. The first kappa shape index (κ1) is 20.3. The molecule has 0 aliphatic heterocycles. The van der Waals surface area contributed by atoms with Crippen molar-refractivity contribution in [3.05, 3.63) is 29.3 Å². The standard InChI is InChI=1S/C17H20ClN3O4S/c1-4-10(2)14(16(23)24-3)19-13(22)9-26-17-21-20-15(25-17)11-5-7-12(18)8-6-11/h5-8,10,14H,4,9H2,1-3H3,(H,19,22)/t10-,14-/m1/s1. The van der Waals surface area contributed by atoms with Crippen molar-refractivity contribution in [1.82, 2.24) is 15.5 Å². The highest BCUT2D eigenvalue weighted by molar-refractivity contribution is 7.99. The number of hydrogen-bond acceptors (Lipinski definition) is 7. The minimum atomic E-state index is -0.676. The van der Waals surface area contributed by atoms with E-state index in [-0.39, 0.29) is 22.8 Å². The van der Waals surface area contributed by atoms with E-state index in [1.807, 2.05) is 13.8 Å². The summed E-state index contributed by atoms with van der Waals surface area (Å²) in [6.07, 6.45) is 0.737. The maximum absolute atomic E-state index is 12.1. The van der Waals surface area contributed by atoms with Crippen LogP contribution >= 0.6 is 23.4 Å². The van der Waals surface area contributed by atoms with E-state index >= 15 is 0 Å². The Morgan fingerprint density at radius 3 is 2.62 bits per heavy atom. The number of hydrogen-bond donors (Lipinski definition) is 1. The molecule has 0 spiro atoms. The molecule has 1 aromatic carbocycles. The molecule has 0 saturated carbocycles. The monoisotopic (exact) mass is 397 g/mol. The summed E-state index contributed by atoms with van der Waals surface area (Å²) in [5, 5.41) is 11.4. The number of thioether (sulfide) groups is 1. The van der Waals surface area contributed by atoms with Gasteiger partial charge in [-0.05, 0) is 30.2 Å². The van der Waals surface area contributed by atoms with Crippen molar-refractivity contribution < 1.29 is 18.7 Å². The average molecular weight is 398 g/mol. The number of benzene rings is 1. The maximum atomic E-state index is 12.1. The van der Waals surface area contributed by atoms with E-state index in [0.29, 0.717) is 10.9 Å². The molecule has 0 aliphatic rings. The normalized spacial score (nSPS) is 13.1. The number of amides is 1. The fraction of sp³-hybridized carbons (Fsp3) is 0.412. The van der Waals surface area contributed by atoms with Gasteiger partial charge < -0.3 is 14.5 Å². The Balaban J connectivity index is 1.92. The van der Waals surface area contributed by atoms with Crippen molar-refractivity contribution in [2.75, 3.05) is 12.9 Å². The Bertz CT molecular complexity index is 751. The third-order valence-corrected chi connectivity index (χ3v) is 4.88. The zero-order valence-electron chi connectivity index (χ0n) is 14.7. The summed E-state index contributed by atoms with van der Waals surface area (Å²) in [5.41, 5.74) is 0.737. The molecule has 1 N–H and O–H groups in total. The van der Waals surface area contributed by atoms with E-state index in [4.69, 9.17) is 20.8 Å². The van der Waals surface area contributed by atoms with Crippen LogP contribution < -0.4 is 5.32 Å². The fourth-order valence-corrected chi connectivity index (χ4v) is 2.82. The van der Waals surface area contributed by atoms with Crippen molar-refractivity contribution in [2.45, 2.75) is 31.5 Å². The highest BCUT2D eigenvalue weighted by Crippen LogP contribution is 2.24. The van der Waals surface area contributed by atoms with Gasteiger partial charge in [0, 0.05) is 10.6 Å². The highest BCUT2D eigenvalue weighted by Gasteiger charge is 2.26. The lowest BCUT2D eigenvalue weighted by molar-refractivity contribution is -0.146. The Morgan fingerprint density at radius 1 is 1.31 bits per heavy atom. The SMILES string of the molecule is CC[C@@H](C)[C@@H](NC(=O)CSc1nnc(-c2ccc(Cl)cc2)o1)C(=O)OC. The van der Waals surface area contributed by atoms with Gasteiger partial charge in [-0.15, -0.1) is 10.2 Å². The maximum Gasteiger partial charge on any atom is 0.328 e. The van der Waals surface area contributed by atoms with Gasteiger partial charge in [-0.25, -0.2) is 4.79 Å². The van der Waals surface area contributed by atoms with Crippen LogP contribution in [0.15, 0.2) is 33.9 Å². The summed E-state index contributed by atoms with van der Waals surface area (Å²) in [6.45, 7) is 3.82. The molecule has 1 heterocycles. The lowest BCUT2D eigenvalue weighted by Gasteiger charge is -2.21. The van der Waals surface area contributed by atoms with Crippen LogP contribution in [-0.2, 0) is 14.3 Å². The minimum Gasteiger partial charge on any atom is -0.467 e. The molecule has 0 bridgehead atoms. The summed E-state index contributed by atoms with van der Waals surface area (Å²) in [7, 11) is 1.30. The van der Waals surface area contributed by atoms with Crippen LogP contribution in [0.25, 0.3) is 11.5 Å². The molecule has 140 valence electrons.